The Morgan fingerprint density at radius 3 is 1.62 bits per heavy atom. The Bertz CT molecular complexity index is 3320. The molecular weight excluding hydrogens is 739 g/mol. The Morgan fingerprint density at radius 1 is 0.362 bits per heavy atom. The molecular formula is C55H35NS2. The van der Waals surface area contributed by atoms with Crippen LogP contribution in [0.25, 0.3) is 62.6 Å². The molecule has 2 aromatic heterocycles. The third-order valence-corrected chi connectivity index (χ3v) is 14.6. The third-order valence-electron chi connectivity index (χ3n) is 12.1. The number of anilines is 3. The van der Waals surface area contributed by atoms with Crippen molar-refractivity contribution in [2.24, 2.45) is 0 Å². The number of hydrogen-bond donors (Lipinski definition) is 0. The van der Waals surface area contributed by atoms with Crippen molar-refractivity contribution in [1.29, 1.82) is 0 Å². The van der Waals surface area contributed by atoms with Gasteiger partial charge in [-0.25, -0.2) is 0 Å². The molecule has 1 nitrogen and oxygen atoms in total. The number of rotatable bonds is 6. The highest BCUT2D eigenvalue weighted by atomic mass is 32.1. The highest BCUT2D eigenvalue weighted by molar-refractivity contribution is 7.26. The van der Waals surface area contributed by atoms with Gasteiger partial charge in [-0.15, -0.1) is 22.7 Å². The summed E-state index contributed by atoms with van der Waals surface area (Å²) in [6, 6.07) is 78.7. The SMILES string of the molecule is c1ccc(C2(c3ccccc3)c3ccccc3-c3c(N(c4cccc(-c5cccc6c5sc5ccccc56)c4)c4cccc5c4sc4ccccc45)cccc32)cc1. The van der Waals surface area contributed by atoms with Crippen molar-refractivity contribution in [3.63, 3.8) is 0 Å². The zero-order valence-corrected chi connectivity index (χ0v) is 33.1. The Balaban J connectivity index is 1.17. The van der Waals surface area contributed by atoms with Crippen LogP contribution in [0.2, 0.25) is 0 Å². The lowest BCUT2D eigenvalue weighted by molar-refractivity contribution is 0.768. The molecule has 12 rings (SSSR count). The minimum atomic E-state index is -0.502. The second kappa shape index (κ2) is 13.1. The monoisotopic (exact) mass is 773 g/mol. The molecule has 9 aromatic carbocycles. The summed E-state index contributed by atoms with van der Waals surface area (Å²) in [6.07, 6.45) is 0. The maximum Gasteiger partial charge on any atom is 0.0714 e. The van der Waals surface area contributed by atoms with Crippen LogP contribution in [-0.2, 0) is 5.41 Å². The Hall–Kier alpha value is -6.78. The van der Waals surface area contributed by atoms with E-state index in [2.05, 4.69) is 217 Å². The topological polar surface area (TPSA) is 3.24 Å². The van der Waals surface area contributed by atoms with Gasteiger partial charge in [-0.2, -0.15) is 0 Å². The van der Waals surface area contributed by atoms with Crippen LogP contribution in [0.4, 0.5) is 17.1 Å². The standard InChI is InChI=1S/C55H35NS2/c1-3-18-37(19-4-1)55(38-20-5-2-6-21-38)46-29-10-7-25-45(46)52-47(55)30-16-31-48(52)56(49-32-15-28-44-42-24-9-12-34-51(42)58-54(44)49)39-22-13-17-36(35-39)40-26-14-27-43-41-23-8-11-33-50(41)57-53(40)43/h1-35H. The van der Waals surface area contributed by atoms with Crippen LogP contribution in [0.3, 0.4) is 0 Å². The van der Waals surface area contributed by atoms with Gasteiger partial charge in [-0.05, 0) is 75.3 Å². The fraction of sp³-hybridized carbons (Fsp3) is 0.0182. The van der Waals surface area contributed by atoms with E-state index in [0.717, 1.165) is 5.69 Å². The summed E-state index contributed by atoms with van der Waals surface area (Å²) in [5.74, 6) is 0. The van der Waals surface area contributed by atoms with Gasteiger partial charge in [0.2, 0.25) is 0 Å². The quantitative estimate of drug-likeness (QED) is 0.163. The number of thiophene rings is 2. The molecule has 1 aliphatic rings. The molecule has 0 fully saturated rings. The van der Waals surface area contributed by atoms with E-state index in [1.807, 2.05) is 22.7 Å². The molecule has 0 bridgehead atoms. The second-order valence-electron chi connectivity index (χ2n) is 15.1. The van der Waals surface area contributed by atoms with Crippen molar-refractivity contribution in [2.45, 2.75) is 5.41 Å². The van der Waals surface area contributed by atoms with Gasteiger partial charge in [-0.3, -0.25) is 0 Å². The molecule has 0 amide bonds. The van der Waals surface area contributed by atoms with Crippen molar-refractivity contribution in [3.8, 4) is 22.3 Å². The van der Waals surface area contributed by atoms with Crippen molar-refractivity contribution in [3.05, 3.63) is 235 Å². The number of nitrogens with zero attached hydrogens (tertiary/aromatic N) is 1. The van der Waals surface area contributed by atoms with Crippen LogP contribution in [0.5, 0.6) is 0 Å². The normalized spacial score (nSPS) is 13.0. The summed E-state index contributed by atoms with van der Waals surface area (Å²) in [7, 11) is 0. The molecule has 0 atom stereocenters. The second-order valence-corrected chi connectivity index (χ2v) is 17.2. The molecule has 0 saturated carbocycles. The van der Waals surface area contributed by atoms with Crippen molar-refractivity contribution in [1.82, 2.24) is 0 Å². The zero-order chi connectivity index (χ0) is 38.2. The van der Waals surface area contributed by atoms with Gasteiger partial charge in [0.1, 0.15) is 0 Å². The summed E-state index contributed by atoms with van der Waals surface area (Å²) in [5.41, 5.74) is 13.1. The highest BCUT2D eigenvalue weighted by Gasteiger charge is 2.47. The molecule has 0 aliphatic heterocycles. The molecule has 3 heteroatoms. The average Bonchev–Trinajstić information content (AvgIpc) is 3.97. The number of hydrogen-bond acceptors (Lipinski definition) is 3. The Morgan fingerprint density at radius 2 is 0.879 bits per heavy atom. The van der Waals surface area contributed by atoms with Gasteiger partial charge < -0.3 is 4.90 Å². The Labute approximate surface area is 345 Å². The first-order valence-corrected chi connectivity index (χ1v) is 21.5. The average molecular weight is 774 g/mol. The van der Waals surface area contributed by atoms with Gasteiger partial charge in [0.25, 0.3) is 0 Å². The summed E-state index contributed by atoms with van der Waals surface area (Å²) < 4.78 is 5.22. The maximum atomic E-state index is 2.55. The van der Waals surface area contributed by atoms with Gasteiger partial charge >= 0.3 is 0 Å². The van der Waals surface area contributed by atoms with Gasteiger partial charge in [-0.1, -0.05) is 176 Å². The van der Waals surface area contributed by atoms with E-state index in [1.54, 1.807) is 0 Å². The van der Waals surface area contributed by atoms with Crippen molar-refractivity contribution >= 4 is 80.1 Å². The first kappa shape index (κ1) is 33.4. The zero-order valence-electron chi connectivity index (χ0n) is 31.5. The third kappa shape index (κ3) is 4.81. The molecule has 0 saturated heterocycles. The summed E-state index contributed by atoms with van der Waals surface area (Å²) in [6.45, 7) is 0. The van der Waals surface area contributed by atoms with E-state index in [4.69, 9.17) is 0 Å². The van der Waals surface area contributed by atoms with Crippen molar-refractivity contribution in [2.75, 3.05) is 4.90 Å². The minimum absolute atomic E-state index is 0.502. The van der Waals surface area contributed by atoms with Crippen LogP contribution in [-0.4, -0.2) is 0 Å². The lowest BCUT2D eigenvalue weighted by Crippen LogP contribution is -2.28. The molecule has 0 radical (unpaired) electrons. The molecule has 0 spiro atoms. The van der Waals surface area contributed by atoms with Crippen LogP contribution in [0.1, 0.15) is 22.3 Å². The predicted octanol–water partition coefficient (Wildman–Crippen LogP) is 15.9. The minimum Gasteiger partial charge on any atom is -0.308 e. The molecule has 0 unspecified atom stereocenters. The van der Waals surface area contributed by atoms with E-state index < -0.39 is 5.41 Å². The van der Waals surface area contributed by atoms with Crippen LogP contribution in [0.15, 0.2) is 212 Å². The van der Waals surface area contributed by atoms with Crippen molar-refractivity contribution < 1.29 is 0 Å². The predicted molar refractivity (Wildman–Crippen MR) is 250 cm³/mol. The van der Waals surface area contributed by atoms with Gasteiger partial charge in [0.05, 0.1) is 21.5 Å². The van der Waals surface area contributed by atoms with E-state index in [0.29, 0.717) is 0 Å². The number of benzene rings is 9. The first-order chi connectivity index (χ1) is 28.8. The van der Waals surface area contributed by atoms with Gasteiger partial charge in [0.15, 0.2) is 0 Å². The van der Waals surface area contributed by atoms with Crippen LogP contribution >= 0.6 is 22.7 Å². The summed E-state index contributed by atoms with van der Waals surface area (Å²) in [5, 5.41) is 5.21. The smallest absolute Gasteiger partial charge is 0.0714 e. The molecule has 11 aromatic rings. The van der Waals surface area contributed by atoms with E-state index >= 15 is 0 Å². The van der Waals surface area contributed by atoms with Gasteiger partial charge in [0, 0.05) is 46.9 Å². The maximum absolute atomic E-state index is 2.55. The lowest BCUT2D eigenvalue weighted by Gasteiger charge is -2.34. The summed E-state index contributed by atoms with van der Waals surface area (Å²) >= 11 is 3.77. The van der Waals surface area contributed by atoms with E-state index in [-0.39, 0.29) is 0 Å². The molecule has 58 heavy (non-hydrogen) atoms. The summed E-state index contributed by atoms with van der Waals surface area (Å²) in [4.78, 5) is 2.55. The van der Waals surface area contributed by atoms with E-state index in [9.17, 15) is 0 Å². The first-order valence-electron chi connectivity index (χ1n) is 19.8. The molecule has 272 valence electrons. The molecule has 2 heterocycles. The fourth-order valence-corrected chi connectivity index (χ4v) is 12.2. The van der Waals surface area contributed by atoms with E-state index in [1.165, 1.54) is 96.2 Å². The van der Waals surface area contributed by atoms with Crippen LogP contribution < -0.4 is 4.90 Å². The van der Waals surface area contributed by atoms with Crippen LogP contribution in [0, 0.1) is 0 Å². The highest BCUT2D eigenvalue weighted by Crippen LogP contribution is 2.60. The Kier molecular flexibility index (Phi) is 7.56. The number of fused-ring (bicyclic) bond motifs is 9. The molecule has 0 N–H and O–H groups in total. The molecule has 1 aliphatic carbocycles. The lowest BCUT2D eigenvalue weighted by atomic mass is 9.68. The fourth-order valence-electron chi connectivity index (χ4n) is 9.76. The largest absolute Gasteiger partial charge is 0.308 e.